The summed E-state index contributed by atoms with van der Waals surface area (Å²) in [5.41, 5.74) is 0. The molecule has 0 bridgehead atoms. The number of hydrogen-bond acceptors (Lipinski definition) is 1. The van der Waals surface area contributed by atoms with Gasteiger partial charge in [0.05, 0.1) is 0 Å². The molecule has 0 saturated heterocycles. The Bertz CT molecular complexity index is 228. The molecule has 0 aromatic heterocycles. The van der Waals surface area contributed by atoms with E-state index in [1.807, 2.05) is 0 Å². The van der Waals surface area contributed by atoms with Crippen LogP contribution in [0.5, 0.6) is 0 Å². The number of hydrogen-bond donors (Lipinski definition) is 0. The predicted octanol–water partition coefficient (Wildman–Crippen LogP) is 3.35. The topological polar surface area (TPSA) is 17.1 Å². The van der Waals surface area contributed by atoms with Gasteiger partial charge in [0.2, 0.25) is 0 Å². The van der Waals surface area contributed by atoms with Crippen molar-refractivity contribution < 1.29 is 4.79 Å². The van der Waals surface area contributed by atoms with Gasteiger partial charge in [-0.3, -0.25) is 4.79 Å². The molecule has 0 aromatic rings. The molecule has 1 nitrogen and oxygen atoms in total. The molecule has 2 atom stereocenters. The van der Waals surface area contributed by atoms with Gasteiger partial charge in [-0.2, -0.15) is 0 Å². The highest BCUT2D eigenvalue weighted by Gasteiger charge is 2.34. The first-order valence-corrected chi connectivity index (χ1v) is 5.94. The largest absolute Gasteiger partial charge is 0.295 e. The fourth-order valence-corrected chi connectivity index (χ4v) is 3.21. The highest BCUT2D eigenvalue weighted by molar-refractivity contribution is 5.87. The van der Waals surface area contributed by atoms with E-state index >= 15 is 0 Å². The van der Waals surface area contributed by atoms with Crippen LogP contribution in [0.1, 0.15) is 45.4 Å². The predicted molar refractivity (Wildman–Crippen MR) is 58.0 cm³/mol. The van der Waals surface area contributed by atoms with Crippen LogP contribution < -0.4 is 0 Å². The molecule has 2 aliphatic rings. The maximum Gasteiger partial charge on any atom is 0.152 e. The van der Waals surface area contributed by atoms with Gasteiger partial charge >= 0.3 is 0 Å². The van der Waals surface area contributed by atoms with E-state index in [0.717, 1.165) is 11.8 Å². The average Bonchev–Trinajstić information content (AvgIpc) is 2.57. The highest BCUT2D eigenvalue weighted by atomic mass is 16.1. The molecule has 0 aliphatic heterocycles. The van der Waals surface area contributed by atoms with E-state index in [2.05, 4.69) is 6.08 Å². The molecule has 2 unspecified atom stereocenters. The Kier molecular flexibility index (Phi) is 3.05. The Morgan fingerprint density at radius 3 is 2.21 bits per heavy atom. The van der Waals surface area contributed by atoms with Crippen molar-refractivity contribution in [3.8, 4) is 0 Å². The van der Waals surface area contributed by atoms with Crippen LogP contribution in [-0.4, -0.2) is 5.78 Å². The Balaban J connectivity index is 1.89. The van der Waals surface area contributed by atoms with Crippen molar-refractivity contribution in [3.05, 3.63) is 12.2 Å². The maximum atomic E-state index is 10.8. The molecule has 2 saturated carbocycles. The van der Waals surface area contributed by atoms with Crippen LogP contribution in [0, 0.1) is 17.8 Å². The van der Waals surface area contributed by atoms with Crippen molar-refractivity contribution in [3.63, 3.8) is 0 Å². The summed E-state index contributed by atoms with van der Waals surface area (Å²) >= 11 is 0. The van der Waals surface area contributed by atoms with E-state index in [9.17, 15) is 4.79 Å². The van der Waals surface area contributed by atoms with Crippen LogP contribution in [-0.2, 0) is 4.79 Å². The zero-order chi connectivity index (χ0) is 9.97. The summed E-state index contributed by atoms with van der Waals surface area (Å²) in [6.07, 6.45) is 12.4. The van der Waals surface area contributed by atoms with E-state index in [-0.39, 0.29) is 5.78 Å². The second-order valence-electron chi connectivity index (χ2n) is 5.01. The molecule has 2 fully saturated rings. The smallest absolute Gasteiger partial charge is 0.152 e. The number of rotatable bonds is 2. The molecular weight excluding hydrogens is 172 g/mol. The minimum atomic E-state index is 0.194. The number of carbonyl (C=O) groups is 1. The van der Waals surface area contributed by atoms with Gasteiger partial charge < -0.3 is 0 Å². The molecule has 1 heteroatoms. The molecular formula is C13H20O. The monoisotopic (exact) mass is 192 g/mol. The third-order valence-corrected chi connectivity index (χ3v) is 3.88. The summed E-state index contributed by atoms with van der Waals surface area (Å²) in [4.78, 5) is 10.8. The first-order valence-electron chi connectivity index (χ1n) is 5.94. The molecule has 0 heterocycles. The molecule has 0 spiro atoms. The van der Waals surface area contributed by atoms with Gasteiger partial charge in [0.1, 0.15) is 0 Å². The number of allylic oxidation sites excluding steroid dienone is 2. The maximum absolute atomic E-state index is 10.8. The van der Waals surface area contributed by atoms with Crippen molar-refractivity contribution in [2.75, 3.05) is 0 Å². The van der Waals surface area contributed by atoms with Crippen LogP contribution in [0.4, 0.5) is 0 Å². The Labute approximate surface area is 86.6 Å². The summed E-state index contributed by atoms with van der Waals surface area (Å²) < 4.78 is 0. The summed E-state index contributed by atoms with van der Waals surface area (Å²) in [5, 5.41) is 0. The zero-order valence-electron chi connectivity index (χ0n) is 9.04. The lowest BCUT2D eigenvalue weighted by atomic mass is 9.82. The van der Waals surface area contributed by atoms with Gasteiger partial charge in [0.15, 0.2) is 5.78 Å². The molecule has 0 amide bonds. The van der Waals surface area contributed by atoms with Gasteiger partial charge in [0, 0.05) is 0 Å². The zero-order valence-corrected chi connectivity index (χ0v) is 9.04. The summed E-state index contributed by atoms with van der Waals surface area (Å²) in [6.45, 7) is 1.64. The molecule has 2 rings (SSSR count). The van der Waals surface area contributed by atoms with E-state index in [1.165, 1.54) is 38.5 Å². The van der Waals surface area contributed by atoms with Crippen LogP contribution in [0.15, 0.2) is 12.2 Å². The second-order valence-corrected chi connectivity index (χ2v) is 5.01. The van der Waals surface area contributed by atoms with E-state index < -0.39 is 0 Å². The molecule has 78 valence electrons. The lowest BCUT2D eigenvalue weighted by molar-refractivity contribution is -0.112. The highest BCUT2D eigenvalue weighted by Crippen LogP contribution is 2.45. The summed E-state index contributed by atoms with van der Waals surface area (Å²) in [5.74, 6) is 2.85. The van der Waals surface area contributed by atoms with Crippen LogP contribution in [0.25, 0.3) is 0 Å². The minimum absolute atomic E-state index is 0.194. The van der Waals surface area contributed by atoms with Gasteiger partial charge in [-0.1, -0.05) is 31.8 Å². The third-order valence-electron chi connectivity index (χ3n) is 3.88. The SMILES string of the molecule is CC(=O)/C=C/C1CC2CCCCC2C1. The molecule has 2 aliphatic carbocycles. The first kappa shape index (κ1) is 9.95. The van der Waals surface area contributed by atoms with E-state index in [1.54, 1.807) is 13.0 Å². The number of fused-ring (bicyclic) bond motifs is 1. The Morgan fingerprint density at radius 2 is 1.71 bits per heavy atom. The van der Waals surface area contributed by atoms with Gasteiger partial charge in [-0.15, -0.1) is 0 Å². The molecule has 14 heavy (non-hydrogen) atoms. The van der Waals surface area contributed by atoms with Crippen molar-refractivity contribution in [1.82, 2.24) is 0 Å². The second kappa shape index (κ2) is 4.29. The fraction of sp³-hybridized carbons (Fsp3) is 0.769. The van der Waals surface area contributed by atoms with Crippen LogP contribution >= 0.6 is 0 Å². The van der Waals surface area contributed by atoms with Crippen molar-refractivity contribution >= 4 is 5.78 Å². The van der Waals surface area contributed by atoms with Crippen LogP contribution in [0.3, 0.4) is 0 Å². The quantitative estimate of drug-likeness (QED) is 0.613. The Morgan fingerprint density at radius 1 is 1.14 bits per heavy atom. The van der Waals surface area contributed by atoms with Gasteiger partial charge in [0.25, 0.3) is 0 Å². The van der Waals surface area contributed by atoms with Gasteiger partial charge in [-0.25, -0.2) is 0 Å². The lowest BCUT2D eigenvalue weighted by Gasteiger charge is -2.24. The van der Waals surface area contributed by atoms with E-state index in [0.29, 0.717) is 5.92 Å². The molecule has 0 radical (unpaired) electrons. The summed E-state index contributed by atoms with van der Waals surface area (Å²) in [7, 11) is 0. The van der Waals surface area contributed by atoms with E-state index in [4.69, 9.17) is 0 Å². The normalized spacial score (nSPS) is 37.4. The Hall–Kier alpha value is -0.590. The average molecular weight is 192 g/mol. The summed E-state index contributed by atoms with van der Waals surface area (Å²) in [6, 6.07) is 0. The fourth-order valence-electron chi connectivity index (χ4n) is 3.21. The third kappa shape index (κ3) is 2.26. The standard InChI is InChI=1S/C13H20O/c1-10(14)6-7-11-8-12-4-2-3-5-13(12)9-11/h6-7,11-13H,2-5,8-9H2,1H3/b7-6+. The minimum Gasteiger partial charge on any atom is -0.295 e. The number of ketones is 1. The van der Waals surface area contributed by atoms with Crippen molar-refractivity contribution in [2.24, 2.45) is 17.8 Å². The first-order chi connectivity index (χ1) is 6.75. The van der Waals surface area contributed by atoms with Crippen molar-refractivity contribution in [2.45, 2.75) is 45.4 Å². The molecule has 0 N–H and O–H groups in total. The van der Waals surface area contributed by atoms with Crippen molar-refractivity contribution in [1.29, 1.82) is 0 Å². The number of carbonyl (C=O) groups excluding carboxylic acids is 1. The van der Waals surface area contributed by atoms with Crippen LogP contribution in [0.2, 0.25) is 0 Å². The lowest BCUT2D eigenvalue weighted by Crippen LogP contribution is -2.12. The molecule has 0 aromatic carbocycles. The van der Waals surface area contributed by atoms with Gasteiger partial charge in [-0.05, 0) is 43.6 Å².